The van der Waals surface area contributed by atoms with Gasteiger partial charge in [-0.1, -0.05) is 42.0 Å². The van der Waals surface area contributed by atoms with Crippen molar-refractivity contribution in [3.05, 3.63) is 70.8 Å². The van der Waals surface area contributed by atoms with Crippen LogP contribution in [-0.2, 0) is 6.54 Å². The second-order valence-corrected chi connectivity index (χ2v) is 5.02. The minimum Gasteiger partial charge on any atom is -0.478 e. The van der Waals surface area contributed by atoms with E-state index in [1.54, 1.807) is 12.1 Å². The number of aryl methyl sites for hydroxylation is 1. The first-order chi connectivity index (χ1) is 9.56. The number of carbonyl (C=O) groups is 1. The molecule has 2 rings (SSSR count). The predicted molar refractivity (Wildman–Crippen MR) is 79.8 cm³/mol. The van der Waals surface area contributed by atoms with Crippen LogP contribution in [-0.4, -0.2) is 11.1 Å². The first-order valence-electron chi connectivity index (χ1n) is 6.68. The number of benzene rings is 2. The van der Waals surface area contributed by atoms with Crippen molar-refractivity contribution >= 4 is 5.97 Å². The van der Waals surface area contributed by atoms with E-state index in [0.29, 0.717) is 5.56 Å². The van der Waals surface area contributed by atoms with E-state index in [2.05, 4.69) is 43.4 Å². The van der Waals surface area contributed by atoms with E-state index in [4.69, 9.17) is 5.11 Å². The number of aromatic carboxylic acids is 1. The highest BCUT2D eigenvalue weighted by Gasteiger charge is 2.06. The number of hydrogen-bond donors (Lipinski definition) is 2. The fraction of sp³-hybridized carbons (Fsp3) is 0.235. The monoisotopic (exact) mass is 269 g/mol. The third-order valence-corrected chi connectivity index (χ3v) is 3.36. The van der Waals surface area contributed by atoms with Gasteiger partial charge < -0.3 is 10.4 Å². The Labute approximate surface area is 119 Å². The van der Waals surface area contributed by atoms with E-state index in [-0.39, 0.29) is 6.04 Å². The lowest BCUT2D eigenvalue weighted by Crippen LogP contribution is -2.18. The molecule has 20 heavy (non-hydrogen) atoms. The second kappa shape index (κ2) is 6.35. The first-order valence-corrected chi connectivity index (χ1v) is 6.68. The summed E-state index contributed by atoms with van der Waals surface area (Å²) in [5.74, 6) is -0.891. The van der Waals surface area contributed by atoms with Gasteiger partial charge in [0, 0.05) is 12.6 Å². The molecule has 0 aromatic heterocycles. The van der Waals surface area contributed by atoms with Crippen LogP contribution in [0.5, 0.6) is 0 Å². The predicted octanol–water partition coefficient (Wildman–Crippen LogP) is 3.54. The molecular weight excluding hydrogens is 250 g/mol. The number of rotatable bonds is 5. The van der Waals surface area contributed by atoms with Gasteiger partial charge in [-0.15, -0.1) is 0 Å². The van der Waals surface area contributed by atoms with Crippen LogP contribution in [0.1, 0.15) is 40.0 Å². The van der Waals surface area contributed by atoms with E-state index >= 15 is 0 Å². The average Bonchev–Trinajstić information content (AvgIpc) is 2.45. The maximum absolute atomic E-state index is 10.8. The van der Waals surface area contributed by atoms with Gasteiger partial charge in [-0.3, -0.25) is 0 Å². The molecule has 0 spiro atoms. The summed E-state index contributed by atoms with van der Waals surface area (Å²) in [6.45, 7) is 4.93. The van der Waals surface area contributed by atoms with Crippen molar-refractivity contribution in [3.8, 4) is 0 Å². The molecule has 2 N–H and O–H groups in total. The molecular formula is C17H19NO2. The molecule has 0 amide bonds. The molecule has 0 radical (unpaired) electrons. The van der Waals surface area contributed by atoms with Gasteiger partial charge in [0.1, 0.15) is 0 Å². The summed E-state index contributed by atoms with van der Waals surface area (Å²) < 4.78 is 0. The van der Waals surface area contributed by atoms with Crippen molar-refractivity contribution in [2.45, 2.75) is 26.4 Å². The Kier molecular flexibility index (Phi) is 4.53. The molecule has 3 heteroatoms. The van der Waals surface area contributed by atoms with Crippen molar-refractivity contribution in [3.63, 3.8) is 0 Å². The van der Waals surface area contributed by atoms with Crippen LogP contribution >= 0.6 is 0 Å². The van der Waals surface area contributed by atoms with Crippen LogP contribution < -0.4 is 5.32 Å². The number of carboxylic acids is 1. The molecule has 0 heterocycles. The third kappa shape index (κ3) is 3.68. The lowest BCUT2D eigenvalue weighted by molar-refractivity contribution is 0.0697. The quantitative estimate of drug-likeness (QED) is 0.872. The maximum Gasteiger partial charge on any atom is 0.335 e. The molecule has 0 fully saturated rings. The molecule has 1 atom stereocenters. The molecule has 2 aromatic carbocycles. The van der Waals surface area contributed by atoms with Crippen LogP contribution in [0.4, 0.5) is 0 Å². The molecule has 0 saturated heterocycles. The molecule has 3 nitrogen and oxygen atoms in total. The first kappa shape index (κ1) is 14.3. The van der Waals surface area contributed by atoms with E-state index in [0.717, 1.165) is 12.1 Å². The van der Waals surface area contributed by atoms with E-state index < -0.39 is 5.97 Å². The van der Waals surface area contributed by atoms with Gasteiger partial charge in [-0.25, -0.2) is 4.79 Å². The van der Waals surface area contributed by atoms with Crippen LogP contribution in [0, 0.1) is 6.92 Å². The summed E-state index contributed by atoms with van der Waals surface area (Å²) in [5, 5.41) is 12.3. The highest BCUT2D eigenvalue weighted by atomic mass is 16.4. The Bertz CT molecular complexity index is 590. The highest BCUT2D eigenvalue weighted by molar-refractivity contribution is 5.87. The minimum atomic E-state index is -0.891. The minimum absolute atomic E-state index is 0.258. The maximum atomic E-state index is 10.8. The van der Waals surface area contributed by atoms with E-state index in [1.165, 1.54) is 11.1 Å². The Morgan fingerprint density at radius 2 is 1.90 bits per heavy atom. The third-order valence-electron chi connectivity index (χ3n) is 3.36. The Hall–Kier alpha value is -2.13. The summed E-state index contributed by atoms with van der Waals surface area (Å²) in [6, 6.07) is 15.6. The number of nitrogens with one attached hydrogen (secondary N) is 1. The smallest absolute Gasteiger partial charge is 0.335 e. The summed E-state index contributed by atoms with van der Waals surface area (Å²) in [5.41, 5.74) is 3.91. The standard InChI is InChI=1S/C17H19NO2/c1-12-4-3-5-16(10-12)13(2)18-11-14-6-8-15(9-7-14)17(19)20/h3-10,13,18H,11H2,1-2H3,(H,19,20)/t13-/m0/s1. The lowest BCUT2D eigenvalue weighted by Gasteiger charge is -2.15. The van der Waals surface area contributed by atoms with E-state index in [1.807, 2.05) is 12.1 Å². The highest BCUT2D eigenvalue weighted by Crippen LogP contribution is 2.14. The van der Waals surface area contributed by atoms with Gasteiger partial charge in [-0.05, 0) is 37.1 Å². The van der Waals surface area contributed by atoms with Gasteiger partial charge in [0.05, 0.1) is 5.56 Å². The molecule has 0 aliphatic heterocycles. The van der Waals surface area contributed by atoms with Crippen LogP contribution in [0.25, 0.3) is 0 Å². The molecule has 0 aliphatic rings. The molecule has 104 valence electrons. The largest absolute Gasteiger partial charge is 0.478 e. The van der Waals surface area contributed by atoms with Crippen molar-refractivity contribution in [1.29, 1.82) is 0 Å². The Morgan fingerprint density at radius 3 is 2.50 bits per heavy atom. The summed E-state index contributed by atoms with van der Waals surface area (Å²) in [4.78, 5) is 10.8. The van der Waals surface area contributed by atoms with Crippen molar-refractivity contribution in [1.82, 2.24) is 5.32 Å². The zero-order chi connectivity index (χ0) is 14.5. The number of carboxylic acid groups (broad SMARTS) is 1. The lowest BCUT2D eigenvalue weighted by atomic mass is 10.1. The van der Waals surface area contributed by atoms with Crippen LogP contribution in [0.2, 0.25) is 0 Å². The SMILES string of the molecule is Cc1cccc([C@H](C)NCc2ccc(C(=O)O)cc2)c1. The van der Waals surface area contributed by atoms with Crippen molar-refractivity contribution < 1.29 is 9.90 Å². The van der Waals surface area contributed by atoms with Gasteiger partial charge in [-0.2, -0.15) is 0 Å². The van der Waals surface area contributed by atoms with Gasteiger partial charge in [0.15, 0.2) is 0 Å². The average molecular weight is 269 g/mol. The molecule has 2 aromatic rings. The zero-order valence-corrected chi connectivity index (χ0v) is 11.8. The molecule has 0 saturated carbocycles. The molecule has 0 aliphatic carbocycles. The fourth-order valence-corrected chi connectivity index (χ4v) is 2.09. The topological polar surface area (TPSA) is 49.3 Å². The van der Waals surface area contributed by atoms with E-state index in [9.17, 15) is 4.79 Å². The van der Waals surface area contributed by atoms with Crippen molar-refractivity contribution in [2.75, 3.05) is 0 Å². The molecule has 0 unspecified atom stereocenters. The summed E-state index contributed by atoms with van der Waals surface area (Å²) >= 11 is 0. The number of hydrogen-bond acceptors (Lipinski definition) is 2. The zero-order valence-electron chi connectivity index (χ0n) is 11.8. The van der Waals surface area contributed by atoms with Gasteiger partial charge >= 0.3 is 5.97 Å². The molecule has 0 bridgehead atoms. The summed E-state index contributed by atoms with van der Waals surface area (Å²) in [7, 11) is 0. The van der Waals surface area contributed by atoms with Gasteiger partial charge in [0.25, 0.3) is 0 Å². The van der Waals surface area contributed by atoms with Crippen molar-refractivity contribution in [2.24, 2.45) is 0 Å². The van der Waals surface area contributed by atoms with Gasteiger partial charge in [0.2, 0.25) is 0 Å². The van der Waals surface area contributed by atoms with Crippen LogP contribution in [0.3, 0.4) is 0 Å². The Balaban J connectivity index is 1.96. The second-order valence-electron chi connectivity index (χ2n) is 5.02. The Morgan fingerprint density at radius 1 is 1.20 bits per heavy atom. The normalized spacial score (nSPS) is 12.1. The van der Waals surface area contributed by atoms with Crippen LogP contribution in [0.15, 0.2) is 48.5 Å². The fourth-order valence-electron chi connectivity index (χ4n) is 2.09. The summed E-state index contributed by atoms with van der Waals surface area (Å²) in [6.07, 6.45) is 0.